The van der Waals surface area contributed by atoms with E-state index in [1.807, 2.05) is 0 Å². The smallest absolute Gasteiger partial charge is 0.345 e. The van der Waals surface area contributed by atoms with Crippen molar-refractivity contribution in [1.82, 2.24) is 0 Å². The Bertz CT molecular complexity index is 325. The van der Waals surface area contributed by atoms with Gasteiger partial charge in [0.05, 0.1) is 6.10 Å². The van der Waals surface area contributed by atoms with Gasteiger partial charge in [-0.15, -0.1) is 11.3 Å². The number of thiophene rings is 1. The lowest BCUT2D eigenvalue weighted by molar-refractivity contribution is 0.0245. The number of nitrogens with two attached hydrogens (primary N) is 1. The molecule has 0 aliphatic rings. The van der Waals surface area contributed by atoms with Gasteiger partial charge in [0.2, 0.25) is 0 Å². The van der Waals surface area contributed by atoms with Crippen molar-refractivity contribution in [2.24, 2.45) is 5.73 Å². The second-order valence-corrected chi connectivity index (χ2v) is 3.71. The van der Waals surface area contributed by atoms with Crippen LogP contribution in [0.5, 0.6) is 0 Å². The van der Waals surface area contributed by atoms with Crippen molar-refractivity contribution in [3.8, 4) is 0 Å². The molecule has 0 spiro atoms. The molecule has 1 aromatic rings. The van der Waals surface area contributed by atoms with Gasteiger partial charge in [-0.25, -0.2) is 4.79 Å². The average Bonchev–Trinajstić information content (AvgIpc) is 2.64. The van der Waals surface area contributed by atoms with E-state index in [4.69, 9.17) is 10.8 Å². The number of hydrogen-bond donors (Lipinski definition) is 4. The highest BCUT2D eigenvalue weighted by Crippen LogP contribution is 2.23. The van der Waals surface area contributed by atoms with Gasteiger partial charge in [0.1, 0.15) is 11.0 Å². The van der Waals surface area contributed by atoms with Crippen molar-refractivity contribution in [2.45, 2.75) is 12.2 Å². The summed E-state index contributed by atoms with van der Waals surface area (Å²) in [5.41, 5.74) is 5.53. The van der Waals surface area contributed by atoms with Crippen molar-refractivity contribution in [2.75, 3.05) is 6.54 Å². The maximum Gasteiger partial charge on any atom is 0.345 e. The molecule has 0 fully saturated rings. The predicted octanol–water partition coefficient (Wildman–Crippen LogP) is -0.201. The molecule has 0 aromatic carbocycles. The van der Waals surface area contributed by atoms with E-state index in [-0.39, 0.29) is 11.4 Å². The van der Waals surface area contributed by atoms with Gasteiger partial charge < -0.3 is 21.1 Å². The van der Waals surface area contributed by atoms with Gasteiger partial charge in [-0.1, -0.05) is 0 Å². The molecule has 0 saturated carbocycles. The first-order valence-electron chi connectivity index (χ1n) is 3.94. The molecule has 2 unspecified atom stereocenters. The maximum absolute atomic E-state index is 10.5. The van der Waals surface area contributed by atoms with Gasteiger partial charge >= 0.3 is 5.97 Å². The van der Waals surface area contributed by atoms with Crippen LogP contribution in [0.4, 0.5) is 0 Å². The quantitative estimate of drug-likeness (QED) is 0.559. The van der Waals surface area contributed by atoms with E-state index in [1.165, 1.54) is 11.4 Å². The third kappa shape index (κ3) is 2.30. The molecular weight excluding hydrogens is 206 g/mol. The number of carboxylic acids is 1. The minimum atomic E-state index is -1.12. The fourth-order valence-electron chi connectivity index (χ4n) is 0.969. The molecule has 1 aromatic heterocycles. The topological polar surface area (TPSA) is 104 Å². The zero-order valence-corrected chi connectivity index (χ0v) is 8.07. The number of hydrogen-bond acceptors (Lipinski definition) is 5. The van der Waals surface area contributed by atoms with Crippen LogP contribution < -0.4 is 5.73 Å². The van der Waals surface area contributed by atoms with Gasteiger partial charge in [-0.2, -0.15) is 0 Å². The Balaban J connectivity index is 2.81. The first-order chi connectivity index (χ1) is 6.56. The highest BCUT2D eigenvalue weighted by molar-refractivity contribution is 7.12. The summed E-state index contributed by atoms with van der Waals surface area (Å²) in [7, 11) is 0. The Labute approximate surface area is 84.4 Å². The first kappa shape index (κ1) is 11.1. The molecule has 6 heteroatoms. The summed E-state index contributed by atoms with van der Waals surface area (Å²) in [6, 6.07) is 1.33. The average molecular weight is 217 g/mol. The molecule has 0 amide bonds. The minimum absolute atomic E-state index is 0.0700. The maximum atomic E-state index is 10.5. The second kappa shape index (κ2) is 4.52. The molecule has 0 radical (unpaired) electrons. The standard InChI is InChI=1S/C8H11NO4S/c9-2-5(10)7(11)4-1-6(8(12)13)14-3-4/h1,3,5,7,10-11H,2,9H2,(H,12,13). The van der Waals surface area contributed by atoms with Gasteiger partial charge in [-0.05, 0) is 17.0 Å². The zero-order chi connectivity index (χ0) is 10.7. The molecule has 0 aliphatic heterocycles. The second-order valence-electron chi connectivity index (χ2n) is 2.80. The van der Waals surface area contributed by atoms with Crippen molar-refractivity contribution < 1.29 is 20.1 Å². The van der Waals surface area contributed by atoms with Crippen molar-refractivity contribution in [3.63, 3.8) is 0 Å². The van der Waals surface area contributed by atoms with Crippen LogP contribution in [0.1, 0.15) is 21.3 Å². The van der Waals surface area contributed by atoms with Crippen molar-refractivity contribution in [1.29, 1.82) is 0 Å². The van der Waals surface area contributed by atoms with Gasteiger partial charge in [-0.3, -0.25) is 0 Å². The molecule has 1 rings (SSSR count). The number of carbonyl (C=O) groups is 1. The lowest BCUT2D eigenvalue weighted by Crippen LogP contribution is -2.26. The number of carboxylic acid groups (broad SMARTS) is 1. The van der Waals surface area contributed by atoms with E-state index < -0.39 is 18.2 Å². The summed E-state index contributed by atoms with van der Waals surface area (Å²) in [4.78, 5) is 10.6. The fraction of sp³-hybridized carbons (Fsp3) is 0.375. The Morgan fingerprint density at radius 2 is 2.21 bits per heavy atom. The fourth-order valence-corrected chi connectivity index (χ4v) is 1.74. The highest BCUT2D eigenvalue weighted by Gasteiger charge is 2.19. The summed E-state index contributed by atoms with van der Waals surface area (Å²) in [5, 5.41) is 28.8. The highest BCUT2D eigenvalue weighted by atomic mass is 32.1. The van der Waals surface area contributed by atoms with E-state index >= 15 is 0 Å². The van der Waals surface area contributed by atoms with Gasteiger partial charge in [0.15, 0.2) is 0 Å². The van der Waals surface area contributed by atoms with Crippen LogP contribution in [-0.4, -0.2) is 33.9 Å². The Morgan fingerprint density at radius 1 is 1.57 bits per heavy atom. The van der Waals surface area contributed by atoms with Crippen molar-refractivity contribution >= 4 is 17.3 Å². The molecular formula is C8H11NO4S. The first-order valence-corrected chi connectivity index (χ1v) is 4.82. The van der Waals surface area contributed by atoms with Crippen LogP contribution in [0.25, 0.3) is 0 Å². The van der Waals surface area contributed by atoms with Crippen LogP contribution >= 0.6 is 11.3 Å². The third-order valence-corrected chi connectivity index (χ3v) is 2.71. The van der Waals surface area contributed by atoms with E-state index in [1.54, 1.807) is 0 Å². The van der Waals surface area contributed by atoms with Gasteiger partial charge in [0, 0.05) is 6.54 Å². The number of aromatic carboxylic acids is 1. The lowest BCUT2D eigenvalue weighted by atomic mass is 10.1. The number of aliphatic hydroxyl groups excluding tert-OH is 2. The summed E-state index contributed by atoms with van der Waals surface area (Å²) in [6.45, 7) is -0.0700. The molecule has 0 bridgehead atoms. The summed E-state index contributed by atoms with van der Waals surface area (Å²) >= 11 is 1.00. The molecule has 0 aliphatic carbocycles. The minimum Gasteiger partial charge on any atom is -0.477 e. The van der Waals surface area contributed by atoms with Crippen LogP contribution in [0.3, 0.4) is 0 Å². The van der Waals surface area contributed by atoms with E-state index in [0.29, 0.717) is 5.56 Å². The summed E-state index contributed by atoms with van der Waals surface area (Å²) < 4.78 is 0. The zero-order valence-electron chi connectivity index (χ0n) is 7.25. The normalized spacial score (nSPS) is 15.1. The Kier molecular flexibility index (Phi) is 3.59. The van der Waals surface area contributed by atoms with Gasteiger partial charge in [0.25, 0.3) is 0 Å². The molecule has 1 heterocycles. The van der Waals surface area contributed by atoms with E-state index in [0.717, 1.165) is 11.3 Å². The van der Waals surface area contributed by atoms with Crippen LogP contribution in [0.15, 0.2) is 11.4 Å². The largest absolute Gasteiger partial charge is 0.477 e. The van der Waals surface area contributed by atoms with E-state index in [2.05, 4.69) is 0 Å². The Hall–Kier alpha value is -0.950. The van der Waals surface area contributed by atoms with E-state index in [9.17, 15) is 15.0 Å². The monoisotopic (exact) mass is 217 g/mol. The predicted molar refractivity (Wildman–Crippen MR) is 51.3 cm³/mol. The molecule has 5 N–H and O–H groups in total. The molecule has 14 heavy (non-hydrogen) atoms. The molecule has 5 nitrogen and oxygen atoms in total. The molecule has 78 valence electrons. The van der Waals surface area contributed by atoms with Crippen LogP contribution in [-0.2, 0) is 0 Å². The molecule has 0 saturated heterocycles. The molecule has 2 atom stereocenters. The number of rotatable bonds is 4. The lowest BCUT2D eigenvalue weighted by Gasteiger charge is -2.13. The Morgan fingerprint density at radius 3 is 2.64 bits per heavy atom. The number of aliphatic hydroxyl groups is 2. The van der Waals surface area contributed by atoms with Crippen LogP contribution in [0, 0.1) is 0 Å². The van der Waals surface area contributed by atoms with Crippen molar-refractivity contribution in [3.05, 3.63) is 21.9 Å². The SMILES string of the molecule is NCC(O)C(O)c1csc(C(=O)O)c1. The van der Waals surface area contributed by atoms with Crippen LogP contribution in [0.2, 0.25) is 0 Å². The summed E-state index contributed by atoms with van der Waals surface area (Å²) in [6.07, 6.45) is -2.18. The summed E-state index contributed by atoms with van der Waals surface area (Å²) in [5.74, 6) is -1.05. The third-order valence-electron chi connectivity index (χ3n) is 1.78.